The number of hydrogen-bond donors (Lipinski definition) is 2. The van der Waals surface area contributed by atoms with Gasteiger partial charge in [0.25, 0.3) is 5.91 Å². The van der Waals surface area contributed by atoms with E-state index in [9.17, 15) is 18.0 Å². The molecule has 3 aromatic rings. The topological polar surface area (TPSA) is 114 Å². The van der Waals surface area contributed by atoms with E-state index in [2.05, 4.69) is 51.3 Å². The normalized spacial score (nSPS) is 30.7. The fourth-order valence-electron chi connectivity index (χ4n) is 9.10. The van der Waals surface area contributed by atoms with Gasteiger partial charge in [0.1, 0.15) is 11.4 Å². The summed E-state index contributed by atoms with van der Waals surface area (Å²) in [6.07, 6.45) is 10.8. The molecule has 3 aliphatic heterocycles. The molecule has 2 N–H and O–H groups in total. The fourth-order valence-corrected chi connectivity index (χ4v) is 10.6. The van der Waals surface area contributed by atoms with E-state index in [1.807, 2.05) is 25.1 Å². The Balaban J connectivity index is 0.000000386. The second-order valence-electron chi connectivity index (χ2n) is 15.9. The molecule has 288 valence electrons. The number of hydrogen-bond acceptors (Lipinski definition) is 8. The standard InChI is InChI=1S/C34H41ClN2O6S.C9H11N/c1-22-6-4-15-34(20-38,42-3)29-11-8-26(29)18-37-19-33(14-5-7-24-16-27(35)10-12-28(24)33)21-43-31-13-9-25(17-30(31)37)32(39)36-44(40,41)23(22)2;1-2-4-9-7-10-6-5-8(9)3-1/h4,9-10,12-13,15-17,20,22-23,26,29H,5-8,11,14,18-19,21H2,1-3H3,(H,36,39);1-4,10H,5-7H2/b15-4+;/t22-,23+,26-,29+,33-,34+;/m0./s1. The molecule has 2 aliphatic carbocycles. The third kappa shape index (κ3) is 7.59. The maximum atomic E-state index is 13.4. The summed E-state index contributed by atoms with van der Waals surface area (Å²) in [5.41, 5.74) is 5.03. The lowest BCUT2D eigenvalue weighted by Crippen LogP contribution is -2.53. The lowest BCUT2D eigenvalue weighted by Gasteiger charge is -2.48. The van der Waals surface area contributed by atoms with Gasteiger partial charge in [0.2, 0.25) is 10.0 Å². The van der Waals surface area contributed by atoms with Gasteiger partial charge in [0.05, 0.1) is 17.5 Å². The first kappa shape index (κ1) is 38.6. The molecule has 3 aromatic carbocycles. The number of nitrogens with one attached hydrogen (secondary N) is 2. The zero-order chi connectivity index (χ0) is 38.1. The molecular formula is C43H52ClN3O6S. The van der Waals surface area contributed by atoms with E-state index in [4.69, 9.17) is 21.1 Å². The Labute approximate surface area is 324 Å². The van der Waals surface area contributed by atoms with Gasteiger partial charge < -0.3 is 19.7 Å². The van der Waals surface area contributed by atoms with Crippen LogP contribution < -0.4 is 19.7 Å². The van der Waals surface area contributed by atoms with Crippen molar-refractivity contribution in [2.75, 3.05) is 38.3 Å². The lowest BCUT2D eigenvalue weighted by molar-refractivity contribution is -0.135. The predicted molar refractivity (Wildman–Crippen MR) is 213 cm³/mol. The minimum absolute atomic E-state index is 0.0434. The number of aldehydes is 1. The van der Waals surface area contributed by atoms with Crippen LogP contribution in [0.3, 0.4) is 0 Å². The van der Waals surface area contributed by atoms with E-state index in [1.165, 1.54) is 28.7 Å². The number of halogens is 1. The van der Waals surface area contributed by atoms with Crippen molar-refractivity contribution in [2.45, 2.75) is 81.6 Å². The van der Waals surface area contributed by atoms with E-state index >= 15 is 0 Å². The quantitative estimate of drug-likeness (QED) is 0.216. The maximum Gasteiger partial charge on any atom is 0.264 e. The lowest BCUT2D eigenvalue weighted by atomic mass is 9.64. The second kappa shape index (κ2) is 15.8. The summed E-state index contributed by atoms with van der Waals surface area (Å²) in [5, 5.41) is 3.22. The highest BCUT2D eigenvalue weighted by Gasteiger charge is 2.49. The van der Waals surface area contributed by atoms with Gasteiger partial charge in [-0.05, 0) is 129 Å². The Morgan fingerprint density at radius 3 is 2.57 bits per heavy atom. The number of ether oxygens (including phenoxy) is 2. The van der Waals surface area contributed by atoms with Crippen LogP contribution >= 0.6 is 11.6 Å². The molecule has 0 saturated heterocycles. The van der Waals surface area contributed by atoms with Gasteiger partial charge in [0, 0.05) is 48.7 Å². The van der Waals surface area contributed by atoms with Crippen molar-refractivity contribution in [1.82, 2.24) is 10.0 Å². The number of anilines is 1. The number of sulfonamides is 1. The molecule has 0 aromatic heterocycles. The van der Waals surface area contributed by atoms with Crippen LogP contribution in [0.25, 0.3) is 0 Å². The number of nitrogens with zero attached hydrogens (tertiary/aromatic N) is 1. The van der Waals surface area contributed by atoms with Crippen molar-refractivity contribution in [3.05, 3.63) is 106 Å². The summed E-state index contributed by atoms with van der Waals surface area (Å²) in [4.78, 5) is 28.4. The number of benzene rings is 3. The molecule has 8 rings (SSSR count). The van der Waals surface area contributed by atoms with Crippen molar-refractivity contribution in [1.29, 1.82) is 0 Å². The molecule has 54 heavy (non-hydrogen) atoms. The van der Waals surface area contributed by atoms with E-state index in [1.54, 1.807) is 32.2 Å². The summed E-state index contributed by atoms with van der Waals surface area (Å²) in [5.74, 6) is -0.203. The molecule has 1 fully saturated rings. The number of carbonyl (C=O) groups is 2. The van der Waals surface area contributed by atoms with Crippen LogP contribution in [0.15, 0.2) is 72.8 Å². The van der Waals surface area contributed by atoms with Gasteiger partial charge in [0.15, 0.2) is 6.29 Å². The molecule has 2 bridgehead atoms. The van der Waals surface area contributed by atoms with Crippen LogP contribution in [0.5, 0.6) is 5.75 Å². The molecule has 0 unspecified atom stereocenters. The smallest absolute Gasteiger partial charge is 0.264 e. The van der Waals surface area contributed by atoms with Gasteiger partial charge in [-0.3, -0.25) is 9.59 Å². The SMILES string of the molecule is CO[C@@]1(C=O)/C=C/C[C@H](C)[C@@H](C)S(=O)(=O)NC(=O)c2ccc3c(c2)N(C[C@@H]2CC[C@H]21)C[C@@]1(CCCc2cc(Cl)ccc21)CO3.c1ccc2c(c1)CCNC2. The summed E-state index contributed by atoms with van der Waals surface area (Å²) < 4.78 is 41.3. The first-order valence-electron chi connectivity index (χ1n) is 19.3. The van der Waals surface area contributed by atoms with E-state index < -0.39 is 26.8 Å². The van der Waals surface area contributed by atoms with Gasteiger partial charge >= 0.3 is 0 Å². The summed E-state index contributed by atoms with van der Waals surface area (Å²) in [7, 11) is -2.41. The minimum Gasteiger partial charge on any atom is -0.490 e. The number of aryl methyl sites for hydroxylation is 1. The average Bonchev–Trinajstić information content (AvgIpc) is 3.32. The third-order valence-corrected chi connectivity index (χ3v) is 14.9. The van der Waals surface area contributed by atoms with Crippen LogP contribution in [0, 0.1) is 17.8 Å². The van der Waals surface area contributed by atoms with Crippen LogP contribution in [-0.4, -0.2) is 64.8 Å². The highest BCUT2D eigenvalue weighted by atomic mass is 35.5. The Kier molecular flexibility index (Phi) is 11.3. The molecule has 9 nitrogen and oxygen atoms in total. The van der Waals surface area contributed by atoms with Gasteiger partial charge in [-0.1, -0.05) is 54.9 Å². The Morgan fingerprint density at radius 2 is 1.83 bits per heavy atom. The van der Waals surface area contributed by atoms with Crippen molar-refractivity contribution >= 4 is 39.5 Å². The van der Waals surface area contributed by atoms with Crippen molar-refractivity contribution in [3.63, 3.8) is 0 Å². The van der Waals surface area contributed by atoms with Crippen molar-refractivity contribution in [3.8, 4) is 5.75 Å². The first-order chi connectivity index (χ1) is 26.0. The molecule has 11 heteroatoms. The highest BCUT2D eigenvalue weighted by Crippen LogP contribution is 2.48. The summed E-state index contributed by atoms with van der Waals surface area (Å²) in [6, 6.07) is 19.9. The van der Waals surface area contributed by atoms with Crippen LogP contribution in [-0.2, 0) is 44.4 Å². The van der Waals surface area contributed by atoms with Crippen LogP contribution in [0.1, 0.15) is 78.6 Å². The number of fused-ring (bicyclic) bond motifs is 5. The average molecular weight is 774 g/mol. The van der Waals surface area contributed by atoms with Crippen LogP contribution in [0.4, 0.5) is 5.69 Å². The molecule has 3 heterocycles. The molecular weight excluding hydrogens is 722 g/mol. The molecule has 5 aliphatic rings. The number of allylic oxidation sites excluding steroid dienone is 1. The zero-order valence-corrected chi connectivity index (χ0v) is 33.1. The van der Waals surface area contributed by atoms with E-state index in [0.29, 0.717) is 36.9 Å². The number of rotatable bonds is 2. The Hall–Kier alpha value is -3.70. The molecule has 1 saturated carbocycles. The summed E-state index contributed by atoms with van der Waals surface area (Å²) >= 11 is 6.40. The Morgan fingerprint density at radius 1 is 1.02 bits per heavy atom. The highest BCUT2D eigenvalue weighted by molar-refractivity contribution is 7.90. The van der Waals surface area contributed by atoms with E-state index in [-0.39, 0.29) is 28.7 Å². The maximum absolute atomic E-state index is 13.4. The van der Waals surface area contributed by atoms with Gasteiger partial charge in [-0.2, -0.15) is 0 Å². The van der Waals surface area contributed by atoms with E-state index in [0.717, 1.165) is 57.2 Å². The molecule has 1 spiro atoms. The number of carbonyl (C=O) groups excluding carboxylic acids is 2. The Bertz CT molecular complexity index is 2000. The third-order valence-electron chi connectivity index (χ3n) is 12.7. The van der Waals surface area contributed by atoms with Crippen molar-refractivity contribution in [2.24, 2.45) is 17.8 Å². The van der Waals surface area contributed by atoms with Gasteiger partial charge in [-0.15, -0.1) is 0 Å². The zero-order valence-electron chi connectivity index (χ0n) is 31.5. The number of amides is 1. The predicted octanol–water partition coefficient (Wildman–Crippen LogP) is 6.80. The fraction of sp³-hybridized carbons (Fsp3) is 0.488. The molecule has 0 radical (unpaired) electrons. The first-order valence-corrected chi connectivity index (χ1v) is 21.2. The van der Waals surface area contributed by atoms with Gasteiger partial charge in [-0.25, -0.2) is 13.1 Å². The summed E-state index contributed by atoms with van der Waals surface area (Å²) in [6.45, 7) is 7.36. The monoisotopic (exact) mass is 773 g/mol. The number of methoxy groups -OCH3 is 1. The minimum atomic E-state index is -3.97. The molecule has 1 amide bonds. The van der Waals surface area contributed by atoms with Crippen LogP contribution in [0.2, 0.25) is 5.02 Å². The van der Waals surface area contributed by atoms with Crippen molar-refractivity contribution < 1.29 is 27.5 Å². The second-order valence-corrected chi connectivity index (χ2v) is 18.4. The largest absolute Gasteiger partial charge is 0.490 e. The molecule has 6 atom stereocenters.